The lowest BCUT2D eigenvalue weighted by atomic mass is 10.2. The molecule has 0 heterocycles. The summed E-state index contributed by atoms with van der Waals surface area (Å²) in [5.74, 6) is -0.170. The molecule has 0 bridgehead atoms. The fraction of sp³-hybridized carbons (Fsp3) is 0.308. The molecule has 1 aromatic carbocycles. The number of benzene rings is 1. The normalized spacial score (nSPS) is 11.3. The van der Waals surface area contributed by atoms with E-state index >= 15 is 0 Å². The van der Waals surface area contributed by atoms with Gasteiger partial charge in [0.25, 0.3) is 0 Å². The van der Waals surface area contributed by atoms with Crippen molar-refractivity contribution < 1.29 is 19.4 Å². The third-order valence-electron chi connectivity index (χ3n) is 2.10. The average Bonchev–Trinajstić information content (AvgIpc) is 2.28. The summed E-state index contributed by atoms with van der Waals surface area (Å²) in [5.41, 5.74) is 1.67. The molecule has 0 saturated heterocycles. The molecule has 0 amide bonds. The largest absolute Gasteiger partial charge is 0.497 e. The van der Waals surface area contributed by atoms with Crippen LogP contribution in [0.5, 0.6) is 5.75 Å². The van der Waals surface area contributed by atoms with Crippen molar-refractivity contribution in [3.05, 3.63) is 41.5 Å². The standard InChI is InChI=1S/C13H16O4/c1-10(6-13(14)15)8-17-9-11-4-3-5-12(7-11)16-2/h3-7H,8-9H2,1-2H3,(H,14,15)/b10-6+. The molecule has 1 rings (SSSR count). The van der Waals surface area contributed by atoms with Gasteiger partial charge in [-0.1, -0.05) is 12.1 Å². The molecule has 0 aromatic heterocycles. The van der Waals surface area contributed by atoms with Gasteiger partial charge in [0.1, 0.15) is 5.75 Å². The van der Waals surface area contributed by atoms with Crippen LogP contribution in [-0.4, -0.2) is 24.8 Å². The topological polar surface area (TPSA) is 55.8 Å². The molecule has 0 aliphatic carbocycles. The molecule has 0 aliphatic heterocycles. The SMILES string of the molecule is COc1cccc(COC/C(C)=C/C(=O)O)c1. The highest BCUT2D eigenvalue weighted by Gasteiger charge is 1.98. The van der Waals surface area contributed by atoms with Gasteiger partial charge in [0.2, 0.25) is 0 Å². The van der Waals surface area contributed by atoms with Crippen molar-refractivity contribution >= 4 is 5.97 Å². The Morgan fingerprint density at radius 1 is 1.47 bits per heavy atom. The van der Waals surface area contributed by atoms with Crippen LogP contribution in [0.2, 0.25) is 0 Å². The molecule has 0 saturated carbocycles. The van der Waals surface area contributed by atoms with Crippen molar-refractivity contribution in [2.75, 3.05) is 13.7 Å². The van der Waals surface area contributed by atoms with Crippen LogP contribution in [0, 0.1) is 0 Å². The number of hydrogen-bond acceptors (Lipinski definition) is 3. The highest BCUT2D eigenvalue weighted by molar-refractivity contribution is 5.80. The molecule has 0 atom stereocenters. The van der Waals surface area contributed by atoms with Crippen LogP contribution in [0.15, 0.2) is 35.9 Å². The van der Waals surface area contributed by atoms with Crippen LogP contribution in [-0.2, 0) is 16.1 Å². The van der Waals surface area contributed by atoms with Gasteiger partial charge in [-0.25, -0.2) is 4.79 Å². The summed E-state index contributed by atoms with van der Waals surface area (Å²) in [6.45, 7) is 2.46. The van der Waals surface area contributed by atoms with Gasteiger partial charge in [-0.3, -0.25) is 0 Å². The van der Waals surface area contributed by atoms with Crippen LogP contribution < -0.4 is 4.74 Å². The molecular formula is C13H16O4. The van der Waals surface area contributed by atoms with E-state index in [2.05, 4.69) is 0 Å². The van der Waals surface area contributed by atoms with Gasteiger partial charge in [0.05, 0.1) is 20.3 Å². The predicted molar refractivity (Wildman–Crippen MR) is 64.0 cm³/mol. The summed E-state index contributed by atoms with van der Waals surface area (Å²) < 4.78 is 10.5. The van der Waals surface area contributed by atoms with E-state index in [1.807, 2.05) is 24.3 Å². The maximum Gasteiger partial charge on any atom is 0.328 e. The highest BCUT2D eigenvalue weighted by Crippen LogP contribution is 2.13. The van der Waals surface area contributed by atoms with Gasteiger partial charge in [-0.2, -0.15) is 0 Å². The lowest BCUT2D eigenvalue weighted by Gasteiger charge is -2.06. The summed E-state index contributed by atoms with van der Waals surface area (Å²) in [6.07, 6.45) is 1.14. The molecule has 0 fully saturated rings. The van der Waals surface area contributed by atoms with Crippen molar-refractivity contribution in [1.82, 2.24) is 0 Å². The smallest absolute Gasteiger partial charge is 0.328 e. The Hall–Kier alpha value is -1.81. The number of rotatable bonds is 6. The Bertz CT molecular complexity index is 410. The number of ether oxygens (including phenoxy) is 2. The zero-order valence-electron chi connectivity index (χ0n) is 9.97. The minimum absolute atomic E-state index is 0.309. The van der Waals surface area contributed by atoms with E-state index in [1.54, 1.807) is 14.0 Å². The zero-order chi connectivity index (χ0) is 12.7. The first kappa shape index (κ1) is 13.3. The number of carboxylic acids is 1. The first-order chi connectivity index (χ1) is 8.11. The van der Waals surface area contributed by atoms with Crippen molar-refractivity contribution in [3.8, 4) is 5.75 Å². The third-order valence-corrected chi connectivity index (χ3v) is 2.10. The lowest BCUT2D eigenvalue weighted by Crippen LogP contribution is -1.99. The number of carboxylic acid groups (broad SMARTS) is 1. The fourth-order valence-corrected chi connectivity index (χ4v) is 1.34. The monoisotopic (exact) mass is 236 g/mol. The van der Waals surface area contributed by atoms with Crippen molar-refractivity contribution in [3.63, 3.8) is 0 Å². The number of carbonyl (C=O) groups is 1. The van der Waals surface area contributed by atoms with Gasteiger partial charge in [0.15, 0.2) is 0 Å². The van der Waals surface area contributed by atoms with Gasteiger partial charge >= 0.3 is 5.97 Å². The Kier molecular flexibility index (Phi) is 5.23. The molecule has 4 heteroatoms. The maximum atomic E-state index is 10.4. The van der Waals surface area contributed by atoms with Crippen molar-refractivity contribution in [2.45, 2.75) is 13.5 Å². The third kappa shape index (κ3) is 5.17. The van der Waals surface area contributed by atoms with E-state index in [-0.39, 0.29) is 0 Å². The minimum atomic E-state index is -0.951. The van der Waals surface area contributed by atoms with E-state index in [9.17, 15) is 4.79 Å². The molecule has 1 N–H and O–H groups in total. The molecule has 0 aliphatic rings. The minimum Gasteiger partial charge on any atom is -0.497 e. The Morgan fingerprint density at radius 2 is 2.24 bits per heavy atom. The van der Waals surface area contributed by atoms with E-state index < -0.39 is 5.97 Å². The summed E-state index contributed by atoms with van der Waals surface area (Å²) in [4.78, 5) is 10.4. The van der Waals surface area contributed by atoms with E-state index in [0.717, 1.165) is 17.4 Å². The van der Waals surface area contributed by atoms with Gasteiger partial charge in [0, 0.05) is 6.08 Å². The Morgan fingerprint density at radius 3 is 2.88 bits per heavy atom. The van der Waals surface area contributed by atoms with Crippen LogP contribution in [0.3, 0.4) is 0 Å². The molecule has 0 radical (unpaired) electrons. The molecule has 92 valence electrons. The summed E-state index contributed by atoms with van der Waals surface area (Å²) >= 11 is 0. The first-order valence-electron chi connectivity index (χ1n) is 5.22. The van der Waals surface area contributed by atoms with E-state index in [1.165, 1.54) is 0 Å². The quantitative estimate of drug-likeness (QED) is 0.769. The second-order valence-electron chi connectivity index (χ2n) is 3.67. The number of methoxy groups -OCH3 is 1. The average molecular weight is 236 g/mol. The number of aliphatic carboxylic acids is 1. The maximum absolute atomic E-state index is 10.4. The van der Waals surface area contributed by atoms with Crippen LogP contribution in [0.4, 0.5) is 0 Å². The van der Waals surface area contributed by atoms with E-state index in [4.69, 9.17) is 14.6 Å². The van der Waals surface area contributed by atoms with Gasteiger partial charge in [-0.15, -0.1) is 0 Å². The molecule has 0 spiro atoms. The van der Waals surface area contributed by atoms with Crippen LogP contribution in [0.1, 0.15) is 12.5 Å². The van der Waals surface area contributed by atoms with Crippen molar-refractivity contribution in [1.29, 1.82) is 0 Å². The Labute approximate surface area is 100 Å². The zero-order valence-corrected chi connectivity index (χ0v) is 9.97. The van der Waals surface area contributed by atoms with E-state index in [0.29, 0.717) is 18.8 Å². The summed E-state index contributed by atoms with van der Waals surface area (Å²) in [7, 11) is 1.61. The summed E-state index contributed by atoms with van der Waals surface area (Å²) in [6, 6.07) is 7.56. The predicted octanol–water partition coefficient (Wildman–Crippen LogP) is 2.24. The Balaban J connectivity index is 2.43. The fourth-order valence-electron chi connectivity index (χ4n) is 1.34. The van der Waals surface area contributed by atoms with Gasteiger partial charge in [-0.05, 0) is 30.2 Å². The second kappa shape index (κ2) is 6.70. The van der Waals surface area contributed by atoms with Crippen LogP contribution in [0.25, 0.3) is 0 Å². The summed E-state index contributed by atoms with van der Waals surface area (Å²) in [5, 5.41) is 8.52. The van der Waals surface area contributed by atoms with Crippen molar-refractivity contribution in [2.24, 2.45) is 0 Å². The molecular weight excluding hydrogens is 220 g/mol. The second-order valence-corrected chi connectivity index (χ2v) is 3.67. The molecule has 1 aromatic rings. The lowest BCUT2D eigenvalue weighted by molar-refractivity contribution is -0.131. The molecule has 17 heavy (non-hydrogen) atoms. The number of hydrogen-bond donors (Lipinski definition) is 1. The molecule has 0 unspecified atom stereocenters. The molecule has 4 nitrogen and oxygen atoms in total. The first-order valence-corrected chi connectivity index (χ1v) is 5.22. The highest BCUT2D eigenvalue weighted by atomic mass is 16.5. The van der Waals surface area contributed by atoms with Crippen LogP contribution >= 0.6 is 0 Å². The van der Waals surface area contributed by atoms with Gasteiger partial charge < -0.3 is 14.6 Å².